The zero-order valence-electron chi connectivity index (χ0n) is 16.5. The fourth-order valence-corrected chi connectivity index (χ4v) is 5.10. The van der Waals surface area contributed by atoms with Gasteiger partial charge in [0, 0.05) is 52.6 Å². The monoisotopic (exact) mass is 458 g/mol. The number of hydrogen-bond acceptors (Lipinski definition) is 5. The third-order valence-corrected chi connectivity index (χ3v) is 6.45. The normalized spacial score (nSPS) is 19.7. The predicted molar refractivity (Wildman–Crippen MR) is 119 cm³/mol. The Morgan fingerprint density at radius 1 is 1.03 bits per heavy atom. The van der Waals surface area contributed by atoms with E-state index in [0.29, 0.717) is 12.3 Å². The maximum atomic E-state index is 9.19. The van der Waals surface area contributed by atoms with E-state index in [2.05, 4.69) is 53.2 Å². The Kier molecular flexibility index (Phi) is 8.54. The van der Waals surface area contributed by atoms with Crippen molar-refractivity contribution in [2.75, 3.05) is 39.5 Å². The molecule has 2 heterocycles. The van der Waals surface area contributed by atoms with Gasteiger partial charge >= 0.3 is 0 Å². The van der Waals surface area contributed by atoms with Crippen LogP contribution < -0.4 is 0 Å². The second-order valence-corrected chi connectivity index (χ2v) is 10.1. The molecule has 0 bridgehead atoms. The number of benzene rings is 2. The molecule has 0 radical (unpaired) electrons. The molecule has 2 aliphatic heterocycles. The van der Waals surface area contributed by atoms with Gasteiger partial charge in [0.25, 0.3) is 10.1 Å². The van der Waals surface area contributed by atoms with Crippen molar-refractivity contribution in [2.24, 2.45) is 0 Å². The van der Waals surface area contributed by atoms with Gasteiger partial charge in [-0.05, 0) is 37.2 Å². The molecule has 29 heavy (non-hydrogen) atoms. The lowest BCUT2D eigenvalue weighted by Gasteiger charge is -2.38. The Bertz CT molecular complexity index is 924. The molecule has 0 aromatic heterocycles. The number of hydrogen-bond donors (Lipinski definition) is 1. The third kappa shape index (κ3) is 6.68. The van der Waals surface area contributed by atoms with Crippen LogP contribution in [0.2, 0.25) is 5.02 Å². The number of fused-ring (bicyclic) bond motifs is 2. The molecule has 0 amide bonds. The highest BCUT2D eigenvalue weighted by molar-refractivity contribution is 7.99. The Balaban J connectivity index is 0.000000450. The van der Waals surface area contributed by atoms with Gasteiger partial charge in [-0.1, -0.05) is 47.6 Å². The minimum absolute atomic E-state index is 0. The van der Waals surface area contributed by atoms with Gasteiger partial charge in [0.1, 0.15) is 0 Å². The maximum Gasteiger partial charge on any atom is 0.261 e. The van der Waals surface area contributed by atoms with Crippen molar-refractivity contribution in [1.82, 2.24) is 9.80 Å². The van der Waals surface area contributed by atoms with E-state index in [1.807, 2.05) is 17.8 Å². The average molecular weight is 459 g/mol. The first-order chi connectivity index (χ1) is 13.2. The first-order valence-corrected chi connectivity index (χ1v) is 12.2. The molecule has 1 saturated heterocycles. The number of halogens is 1. The van der Waals surface area contributed by atoms with Gasteiger partial charge < -0.3 is 10.4 Å². The van der Waals surface area contributed by atoms with Crippen molar-refractivity contribution >= 4 is 33.5 Å². The molecular formula is C20H27ClN2O4S2. The van der Waals surface area contributed by atoms with E-state index in [0.717, 1.165) is 37.6 Å². The summed E-state index contributed by atoms with van der Waals surface area (Å²) in [5.41, 5.74) is 2.76. The van der Waals surface area contributed by atoms with Gasteiger partial charge in [-0.3, -0.25) is 9.45 Å². The fraction of sp³-hybridized carbons (Fsp3) is 0.400. The standard InChI is InChI=1S/C19H21ClN2S.CH4O3S.H2O/c1-21-9-11-22(12-10-21)16-13-14-5-2-3-7-17(14)23-18-8-4-6-15(20)19(16)18;1-5(2,3)4;/h2-8,16H,9-13H2,1H3;1H3,(H,2,3,4);1H2. The molecule has 0 saturated carbocycles. The summed E-state index contributed by atoms with van der Waals surface area (Å²) >= 11 is 8.51. The summed E-state index contributed by atoms with van der Waals surface area (Å²) in [6, 6.07) is 15.5. The van der Waals surface area contributed by atoms with Crippen LogP contribution in [0.25, 0.3) is 0 Å². The molecule has 1 atom stereocenters. The lowest BCUT2D eigenvalue weighted by molar-refractivity contribution is 0.110. The van der Waals surface area contributed by atoms with Crippen LogP contribution in [0.1, 0.15) is 17.2 Å². The number of rotatable bonds is 1. The van der Waals surface area contributed by atoms with Gasteiger partial charge in [0.05, 0.1) is 6.26 Å². The van der Waals surface area contributed by atoms with E-state index in [4.69, 9.17) is 16.2 Å². The van der Waals surface area contributed by atoms with Crippen LogP contribution in [0.3, 0.4) is 0 Å². The third-order valence-electron chi connectivity index (χ3n) is 4.93. The van der Waals surface area contributed by atoms with Crippen LogP contribution in [-0.4, -0.2) is 67.7 Å². The molecule has 2 aromatic carbocycles. The minimum Gasteiger partial charge on any atom is -0.412 e. The SMILES string of the molecule is CN1CCN(C2Cc3ccccc3Sc3cccc(Cl)c32)CC1.CS(=O)(=O)O.O. The van der Waals surface area contributed by atoms with Crippen molar-refractivity contribution in [3.8, 4) is 0 Å². The molecule has 4 rings (SSSR count). The Labute approximate surface area is 181 Å². The molecule has 2 aromatic rings. The van der Waals surface area contributed by atoms with Crippen molar-refractivity contribution in [3.05, 3.63) is 58.6 Å². The number of piperazine rings is 1. The highest BCUT2D eigenvalue weighted by Gasteiger charge is 2.30. The Morgan fingerprint density at radius 3 is 2.28 bits per heavy atom. The largest absolute Gasteiger partial charge is 0.412 e. The summed E-state index contributed by atoms with van der Waals surface area (Å²) in [6.07, 6.45) is 1.76. The minimum atomic E-state index is -3.67. The molecule has 2 aliphatic rings. The zero-order chi connectivity index (χ0) is 20.3. The second-order valence-electron chi connectivity index (χ2n) is 7.15. The van der Waals surface area contributed by atoms with Crippen LogP contribution in [0, 0.1) is 0 Å². The van der Waals surface area contributed by atoms with Crippen molar-refractivity contribution in [2.45, 2.75) is 22.3 Å². The lowest BCUT2D eigenvalue weighted by atomic mass is 9.96. The first-order valence-electron chi connectivity index (χ1n) is 9.11. The van der Waals surface area contributed by atoms with Gasteiger partial charge in [-0.2, -0.15) is 8.42 Å². The Hall–Kier alpha value is -1.13. The average Bonchev–Trinajstić information content (AvgIpc) is 2.78. The van der Waals surface area contributed by atoms with Crippen molar-refractivity contribution < 1.29 is 18.4 Å². The van der Waals surface area contributed by atoms with E-state index in [1.165, 1.54) is 20.9 Å². The summed E-state index contributed by atoms with van der Waals surface area (Å²) in [5, 5.41) is 0.909. The lowest BCUT2D eigenvalue weighted by Crippen LogP contribution is -2.46. The molecule has 3 N–H and O–H groups in total. The summed E-state index contributed by atoms with van der Waals surface area (Å²) in [5.74, 6) is 0. The number of nitrogens with zero attached hydrogens (tertiary/aromatic N) is 2. The van der Waals surface area contributed by atoms with Crippen LogP contribution in [-0.2, 0) is 16.5 Å². The van der Waals surface area contributed by atoms with Gasteiger partial charge in [0.15, 0.2) is 0 Å². The number of likely N-dealkylation sites (N-methyl/N-ethyl adjacent to an activating group) is 1. The van der Waals surface area contributed by atoms with E-state index < -0.39 is 10.1 Å². The fourth-order valence-electron chi connectivity index (χ4n) is 3.58. The van der Waals surface area contributed by atoms with Crippen molar-refractivity contribution in [1.29, 1.82) is 0 Å². The molecule has 1 unspecified atom stereocenters. The molecule has 0 spiro atoms. The molecule has 160 valence electrons. The van der Waals surface area contributed by atoms with Gasteiger partial charge in [-0.25, -0.2) is 0 Å². The maximum absolute atomic E-state index is 9.19. The van der Waals surface area contributed by atoms with Crippen LogP contribution in [0.5, 0.6) is 0 Å². The Morgan fingerprint density at radius 2 is 1.62 bits per heavy atom. The van der Waals surface area contributed by atoms with E-state index in [-0.39, 0.29) is 5.48 Å². The van der Waals surface area contributed by atoms with E-state index in [1.54, 1.807) is 0 Å². The predicted octanol–water partition coefficient (Wildman–Crippen LogP) is 3.02. The molecular weight excluding hydrogens is 432 g/mol. The van der Waals surface area contributed by atoms with Gasteiger partial charge in [-0.15, -0.1) is 0 Å². The zero-order valence-corrected chi connectivity index (χ0v) is 18.9. The van der Waals surface area contributed by atoms with Gasteiger partial charge in [0.2, 0.25) is 0 Å². The highest BCUT2D eigenvalue weighted by atomic mass is 35.5. The summed E-state index contributed by atoms with van der Waals surface area (Å²) in [4.78, 5) is 7.70. The quantitative estimate of drug-likeness (QED) is 0.660. The van der Waals surface area contributed by atoms with E-state index >= 15 is 0 Å². The molecule has 1 fully saturated rings. The molecule has 6 nitrogen and oxygen atoms in total. The smallest absolute Gasteiger partial charge is 0.261 e. The second kappa shape index (κ2) is 10.3. The molecule has 0 aliphatic carbocycles. The van der Waals surface area contributed by atoms with Crippen LogP contribution in [0.4, 0.5) is 0 Å². The highest BCUT2D eigenvalue weighted by Crippen LogP contribution is 2.45. The first kappa shape index (κ1) is 24.1. The van der Waals surface area contributed by atoms with Crippen molar-refractivity contribution in [3.63, 3.8) is 0 Å². The summed E-state index contributed by atoms with van der Waals surface area (Å²) < 4.78 is 25.9. The van der Waals surface area contributed by atoms with Crippen LogP contribution >= 0.6 is 23.4 Å². The van der Waals surface area contributed by atoms with Crippen LogP contribution in [0.15, 0.2) is 52.3 Å². The van der Waals surface area contributed by atoms with E-state index in [9.17, 15) is 8.42 Å². The summed E-state index contributed by atoms with van der Waals surface area (Å²) in [7, 11) is -1.46. The summed E-state index contributed by atoms with van der Waals surface area (Å²) in [6.45, 7) is 4.48. The molecule has 9 heteroatoms. The topological polar surface area (TPSA) is 92.4 Å².